The van der Waals surface area contributed by atoms with Crippen molar-refractivity contribution in [3.8, 4) is 0 Å². The Labute approximate surface area is 100 Å². The van der Waals surface area contributed by atoms with Crippen LogP contribution in [-0.4, -0.2) is 15.5 Å². The highest BCUT2D eigenvalue weighted by molar-refractivity contribution is 5.94. The van der Waals surface area contributed by atoms with Gasteiger partial charge in [0.15, 0.2) is 0 Å². The van der Waals surface area contributed by atoms with Gasteiger partial charge in [0, 0.05) is 17.8 Å². The molecule has 0 atom stereocenters. The van der Waals surface area contributed by atoms with Crippen molar-refractivity contribution in [3.63, 3.8) is 0 Å². The van der Waals surface area contributed by atoms with E-state index in [1.807, 2.05) is 36.6 Å². The van der Waals surface area contributed by atoms with Crippen LogP contribution in [0.1, 0.15) is 27.3 Å². The second-order valence-corrected chi connectivity index (χ2v) is 4.06. The summed E-state index contributed by atoms with van der Waals surface area (Å²) in [5.74, 6) is -0.393. The number of aromatic nitrogens is 2. The van der Waals surface area contributed by atoms with E-state index < -0.39 is 5.91 Å². The van der Waals surface area contributed by atoms with E-state index >= 15 is 0 Å². The number of imidazole rings is 1. The first-order chi connectivity index (χ1) is 8.09. The number of hydrogen-bond donors (Lipinski definition) is 1. The quantitative estimate of drug-likeness (QED) is 0.869. The topological polar surface area (TPSA) is 60.9 Å². The van der Waals surface area contributed by atoms with Gasteiger partial charge in [-0.25, -0.2) is 4.98 Å². The monoisotopic (exact) mass is 229 g/mol. The largest absolute Gasteiger partial charge is 0.366 e. The molecule has 0 aliphatic rings. The van der Waals surface area contributed by atoms with Gasteiger partial charge in [0.05, 0.1) is 12.0 Å². The van der Waals surface area contributed by atoms with Crippen molar-refractivity contribution < 1.29 is 4.79 Å². The maximum Gasteiger partial charge on any atom is 0.249 e. The fourth-order valence-corrected chi connectivity index (χ4v) is 1.79. The minimum Gasteiger partial charge on any atom is -0.366 e. The molecule has 4 heteroatoms. The molecule has 88 valence electrons. The van der Waals surface area contributed by atoms with Gasteiger partial charge in [0.1, 0.15) is 0 Å². The van der Waals surface area contributed by atoms with Crippen molar-refractivity contribution in [1.82, 2.24) is 9.55 Å². The van der Waals surface area contributed by atoms with Gasteiger partial charge in [0.25, 0.3) is 0 Å². The smallest absolute Gasteiger partial charge is 0.249 e. The third-order valence-electron chi connectivity index (χ3n) is 2.97. The Bertz CT molecular complexity index is 558. The molecule has 2 N–H and O–H groups in total. The summed E-state index contributed by atoms with van der Waals surface area (Å²) in [5, 5.41) is 0. The number of nitrogens with zero attached hydrogens (tertiary/aromatic N) is 2. The van der Waals surface area contributed by atoms with Crippen LogP contribution >= 0.6 is 0 Å². The van der Waals surface area contributed by atoms with Gasteiger partial charge < -0.3 is 10.3 Å². The van der Waals surface area contributed by atoms with Crippen LogP contribution in [0.5, 0.6) is 0 Å². The molecule has 0 unspecified atom stereocenters. The SMILES string of the molecule is Cc1ncn(Cc2ccccc2C(N)=O)c1C. The summed E-state index contributed by atoms with van der Waals surface area (Å²) in [6, 6.07) is 7.38. The van der Waals surface area contributed by atoms with E-state index in [2.05, 4.69) is 4.98 Å². The van der Waals surface area contributed by atoms with Crippen molar-refractivity contribution in [3.05, 3.63) is 53.1 Å². The molecule has 1 aromatic heterocycles. The summed E-state index contributed by atoms with van der Waals surface area (Å²) in [7, 11) is 0. The van der Waals surface area contributed by atoms with Crippen LogP contribution in [0.3, 0.4) is 0 Å². The second kappa shape index (κ2) is 4.41. The molecule has 17 heavy (non-hydrogen) atoms. The number of benzene rings is 1. The molecular weight excluding hydrogens is 214 g/mol. The van der Waals surface area contributed by atoms with Gasteiger partial charge in [-0.3, -0.25) is 4.79 Å². The molecular formula is C13H15N3O. The summed E-state index contributed by atoms with van der Waals surface area (Å²) >= 11 is 0. The summed E-state index contributed by atoms with van der Waals surface area (Å²) in [6.45, 7) is 4.59. The third kappa shape index (κ3) is 2.20. The lowest BCUT2D eigenvalue weighted by molar-refractivity contribution is 0.0999. The Morgan fingerprint density at radius 3 is 2.65 bits per heavy atom. The van der Waals surface area contributed by atoms with Crippen molar-refractivity contribution in [2.75, 3.05) is 0 Å². The lowest BCUT2D eigenvalue weighted by Gasteiger charge is -2.09. The van der Waals surface area contributed by atoms with Gasteiger partial charge in [-0.1, -0.05) is 18.2 Å². The van der Waals surface area contributed by atoms with Crippen LogP contribution < -0.4 is 5.73 Å². The number of primary amides is 1. The minimum absolute atomic E-state index is 0.393. The highest BCUT2D eigenvalue weighted by atomic mass is 16.1. The number of nitrogens with two attached hydrogens (primary N) is 1. The minimum atomic E-state index is -0.393. The van der Waals surface area contributed by atoms with E-state index in [0.717, 1.165) is 17.0 Å². The predicted octanol–water partition coefficient (Wildman–Crippen LogP) is 1.65. The molecule has 0 saturated carbocycles. The Kier molecular flexibility index (Phi) is 2.95. The number of hydrogen-bond acceptors (Lipinski definition) is 2. The molecule has 2 aromatic rings. The molecule has 0 saturated heterocycles. The lowest BCUT2D eigenvalue weighted by Crippen LogP contribution is -2.15. The highest BCUT2D eigenvalue weighted by Crippen LogP contribution is 2.12. The first-order valence-corrected chi connectivity index (χ1v) is 5.45. The molecule has 0 fully saturated rings. The number of aryl methyl sites for hydroxylation is 1. The van der Waals surface area contributed by atoms with Crippen LogP contribution in [0.15, 0.2) is 30.6 Å². The van der Waals surface area contributed by atoms with Crippen molar-refractivity contribution in [2.45, 2.75) is 20.4 Å². The third-order valence-corrected chi connectivity index (χ3v) is 2.97. The Balaban J connectivity index is 2.36. The van der Waals surface area contributed by atoms with Gasteiger partial charge in [-0.15, -0.1) is 0 Å². The van der Waals surface area contributed by atoms with E-state index in [1.54, 1.807) is 12.4 Å². The molecule has 0 radical (unpaired) electrons. The average molecular weight is 229 g/mol. The molecule has 2 rings (SSSR count). The van der Waals surface area contributed by atoms with Crippen LogP contribution in [0.4, 0.5) is 0 Å². The Hall–Kier alpha value is -2.10. The normalized spacial score (nSPS) is 10.5. The number of carbonyl (C=O) groups excluding carboxylic acids is 1. The van der Waals surface area contributed by atoms with Crippen LogP contribution in [0.2, 0.25) is 0 Å². The van der Waals surface area contributed by atoms with Crippen molar-refractivity contribution in [1.29, 1.82) is 0 Å². The summed E-state index contributed by atoms with van der Waals surface area (Å²) in [6.07, 6.45) is 1.78. The van der Waals surface area contributed by atoms with Crippen molar-refractivity contribution >= 4 is 5.91 Å². The number of carbonyl (C=O) groups is 1. The first-order valence-electron chi connectivity index (χ1n) is 5.45. The zero-order chi connectivity index (χ0) is 12.4. The molecule has 0 bridgehead atoms. The number of rotatable bonds is 3. The van der Waals surface area contributed by atoms with Crippen LogP contribution in [0.25, 0.3) is 0 Å². The van der Waals surface area contributed by atoms with E-state index in [1.165, 1.54) is 0 Å². The van der Waals surface area contributed by atoms with Gasteiger partial charge in [0.2, 0.25) is 5.91 Å². The van der Waals surface area contributed by atoms with Gasteiger partial charge in [-0.05, 0) is 25.5 Å². The molecule has 4 nitrogen and oxygen atoms in total. The molecule has 0 aliphatic heterocycles. The fraction of sp³-hybridized carbons (Fsp3) is 0.231. The summed E-state index contributed by atoms with van der Waals surface area (Å²) < 4.78 is 2.01. The van der Waals surface area contributed by atoms with Gasteiger partial charge >= 0.3 is 0 Å². The molecule has 1 amide bonds. The highest BCUT2D eigenvalue weighted by Gasteiger charge is 2.09. The van der Waals surface area contributed by atoms with Crippen LogP contribution in [-0.2, 0) is 6.54 Å². The van der Waals surface area contributed by atoms with E-state index in [9.17, 15) is 4.79 Å². The van der Waals surface area contributed by atoms with Gasteiger partial charge in [-0.2, -0.15) is 0 Å². The van der Waals surface area contributed by atoms with E-state index in [4.69, 9.17) is 5.73 Å². The molecule has 0 aliphatic carbocycles. The van der Waals surface area contributed by atoms with Crippen LogP contribution in [0, 0.1) is 13.8 Å². The molecule has 0 spiro atoms. The second-order valence-electron chi connectivity index (χ2n) is 4.06. The summed E-state index contributed by atoms with van der Waals surface area (Å²) in [5.41, 5.74) is 8.94. The fourth-order valence-electron chi connectivity index (χ4n) is 1.79. The van der Waals surface area contributed by atoms with Crippen molar-refractivity contribution in [2.24, 2.45) is 5.73 Å². The Morgan fingerprint density at radius 1 is 1.35 bits per heavy atom. The standard InChI is InChI=1S/C13H15N3O/c1-9-10(2)16(8-15-9)7-11-5-3-4-6-12(11)13(14)17/h3-6,8H,7H2,1-2H3,(H2,14,17). The molecule has 1 heterocycles. The van der Waals surface area contributed by atoms with E-state index in [0.29, 0.717) is 12.1 Å². The Morgan fingerprint density at radius 2 is 2.06 bits per heavy atom. The number of amides is 1. The first kappa shape index (κ1) is 11.4. The molecule has 1 aromatic carbocycles. The average Bonchev–Trinajstić information content (AvgIpc) is 2.61. The predicted molar refractivity (Wildman–Crippen MR) is 65.8 cm³/mol. The maximum atomic E-state index is 11.3. The van der Waals surface area contributed by atoms with E-state index in [-0.39, 0.29) is 0 Å². The zero-order valence-corrected chi connectivity index (χ0v) is 9.97. The maximum absolute atomic E-state index is 11.3. The summed E-state index contributed by atoms with van der Waals surface area (Å²) in [4.78, 5) is 15.5. The lowest BCUT2D eigenvalue weighted by atomic mass is 10.1. The zero-order valence-electron chi connectivity index (χ0n) is 9.97.